The monoisotopic (exact) mass is 636 g/mol. The van der Waals surface area contributed by atoms with Crippen molar-refractivity contribution in [2.24, 2.45) is 0 Å². The summed E-state index contributed by atoms with van der Waals surface area (Å²) in [6.45, 7) is 4.82. The Balaban J connectivity index is 0.00000241. The standard InChI is InChI=1S/C31H50N4.2BrH/c1-32-20-14-18-30(32)28-16-12-24-34(26-28)22-10-8-6-4-3-5-7-9-11-23-35-25-13-17-29(27-35)31-19-15-21-33(31)2;;/h12-13,16-17,24-27,30-31H,3-11,14-15,18-23H2,1-2H3;2*1H/q+2;;/p-2/t30-,31-;;/m0../s1. The Labute approximate surface area is 248 Å². The van der Waals surface area contributed by atoms with Crippen LogP contribution in [0.3, 0.4) is 0 Å². The summed E-state index contributed by atoms with van der Waals surface area (Å²) in [5, 5.41) is 0. The van der Waals surface area contributed by atoms with E-state index in [9.17, 15) is 0 Å². The molecular weight excluding hydrogens is 588 g/mol. The predicted molar refractivity (Wildman–Crippen MR) is 144 cm³/mol. The number of halogens is 2. The summed E-state index contributed by atoms with van der Waals surface area (Å²) in [7, 11) is 4.53. The Morgan fingerprint density at radius 3 is 1.35 bits per heavy atom. The van der Waals surface area contributed by atoms with E-state index in [2.05, 4.69) is 82.1 Å². The molecule has 0 bridgehead atoms. The van der Waals surface area contributed by atoms with Crippen molar-refractivity contribution in [2.75, 3.05) is 27.2 Å². The molecule has 4 heterocycles. The van der Waals surface area contributed by atoms with E-state index in [1.807, 2.05) is 0 Å². The van der Waals surface area contributed by atoms with Gasteiger partial charge in [0.15, 0.2) is 24.8 Å². The summed E-state index contributed by atoms with van der Waals surface area (Å²) in [5.41, 5.74) is 3.00. The minimum atomic E-state index is 0. The average Bonchev–Trinajstić information content (AvgIpc) is 3.50. The van der Waals surface area contributed by atoms with Gasteiger partial charge < -0.3 is 34.0 Å². The van der Waals surface area contributed by atoms with Gasteiger partial charge in [0.05, 0.1) is 0 Å². The molecule has 2 aromatic rings. The maximum absolute atomic E-state index is 2.51. The number of likely N-dealkylation sites (tertiary alicyclic amines) is 2. The minimum absolute atomic E-state index is 0. The van der Waals surface area contributed by atoms with Crippen LogP contribution in [0, 0.1) is 0 Å². The van der Waals surface area contributed by atoms with Crippen molar-refractivity contribution >= 4 is 0 Å². The molecule has 0 amide bonds. The number of rotatable bonds is 14. The molecule has 0 unspecified atom stereocenters. The van der Waals surface area contributed by atoms with Crippen LogP contribution in [0.1, 0.15) is 107 Å². The van der Waals surface area contributed by atoms with E-state index >= 15 is 0 Å². The van der Waals surface area contributed by atoms with Gasteiger partial charge in [-0.25, -0.2) is 9.13 Å². The maximum Gasteiger partial charge on any atom is 0.173 e. The lowest BCUT2D eigenvalue weighted by Gasteiger charge is -2.18. The summed E-state index contributed by atoms with van der Waals surface area (Å²) in [4.78, 5) is 5.01. The lowest BCUT2D eigenvalue weighted by atomic mass is 10.1. The SMILES string of the molecule is CN1CCC[C@H]1c1ccc[n+](CCCCCCCCCCC[n+]2cccc([C@@H]3CCCN3C)c2)c1.[Br-].[Br-]. The Hall–Kier alpha value is -0.820. The molecule has 0 N–H and O–H groups in total. The molecule has 2 aromatic heterocycles. The lowest BCUT2D eigenvalue weighted by molar-refractivity contribution is -0.698. The molecule has 2 aliphatic heterocycles. The molecule has 0 saturated carbocycles. The Kier molecular flexibility index (Phi) is 15.5. The van der Waals surface area contributed by atoms with Gasteiger partial charge in [-0.05, 0) is 77.8 Å². The predicted octanol–water partition coefficient (Wildman–Crippen LogP) is 0.0141. The molecule has 4 nitrogen and oxygen atoms in total. The largest absolute Gasteiger partial charge is 1.00 e. The molecular formula is C31H50Br2N4. The van der Waals surface area contributed by atoms with Crippen molar-refractivity contribution in [1.82, 2.24) is 9.80 Å². The topological polar surface area (TPSA) is 14.2 Å². The molecule has 0 spiro atoms. The Morgan fingerprint density at radius 1 is 0.622 bits per heavy atom. The molecule has 2 atom stereocenters. The first-order valence-electron chi connectivity index (χ1n) is 14.6. The third-order valence-electron chi connectivity index (χ3n) is 8.41. The minimum Gasteiger partial charge on any atom is -1.00 e. The van der Waals surface area contributed by atoms with E-state index in [4.69, 9.17) is 0 Å². The van der Waals surface area contributed by atoms with E-state index in [1.54, 1.807) is 0 Å². The van der Waals surface area contributed by atoms with E-state index in [0.717, 1.165) is 0 Å². The van der Waals surface area contributed by atoms with Crippen LogP contribution in [0.15, 0.2) is 49.1 Å². The van der Waals surface area contributed by atoms with E-state index < -0.39 is 0 Å². The highest BCUT2D eigenvalue weighted by atomic mass is 79.9. The van der Waals surface area contributed by atoms with Crippen molar-refractivity contribution in [2.45, 2.75) is 109 Å². The van der Waals surface area contributed by atoms with Gasteiger partial charge in [-0.3, -0.25) is 9.80 Å². The van der Waals surface area contributed by atoms with Gasteiger partial charge in [0.25, 0.3) is 0 Å². The zero-order valence-electron chi connectivity index (χ0n) is 23.3. The third-order valence-corrected chi connectivity index (χ3v) is 8.41. The molecule has 2 fully saturated rings. The first-order valence-corrected chi connectivity index (χ1v) is 14.6. The fourth-order valence-electron chi connectivity index (χ4n) is 6.25. The molecule has 0 aromatic carbocycles. The smallest absolute Gasteiger partial charge is 0.173 e. The van der Waals surface area contributed by atoms with Crippen LogP contribution in [0.4, 0.5) is 0 Å². The highest BCUT2D eigenvalue weighted by Gasteiger charge is 2.25. The zero-order chi connectivity index (χ0) is 24.3. The van der Waals surface area contributed by atoms with Crippen LogP contribution in [-0.2, 0) is 13.1 Å². The summed E-state index contributed by atoms with van der Waals surface area (Å²) < 4.78 is 4.84. The molecule has 37 heavy (non-hydrogen) atoms. The molecule has 0 aliphatic carbocycles. The number of hydrogen-bond acceptors (Lipinski definition) is 2. The van der Waals surface area contributed by atoms with Gasteiger partial charge in [0.2, 0.25) is 0 Å². The second kappa shape index (κ2) is 17.7. The number of hydrogen-bond donors (Lipinski definition) is 0. The van der Waals surface area contributed by atoms with Crippen LogP contribution >= 0.6 is 0 Å². The molecule has 208 valence electrons. The van der Waals surface area contributed by atoms with Gasteiger partial charge in [-0.15, -0.1) is 0 Å². The van der Waals surface area contributed by atoms with Crippen molar-refractivity contribution in [3.05, 3.63) is 60.2 Å². The first kappa shape index (κ1) is 32.4. The number of unbranched alkanes of at least 4 members (excludes halogenated alkanes) is 8. The van der Waals surface area contributed by atoms with E-state index in [-0.39, 0.29) is 34.0 Å². The first-order chi connectivity index (χ1) is 17.2. The van der Waals surface area contributed by atoms with Crippen molar-refractivity contribution in [3.8, 4) is 0 Å². The summed E-state index contributed by atoms with van der Waals surface area (Å²) >= 11 is 0. The summed E-state index contributed by atoms with van der Waals surface area (Å²) in [6, 6.07) is 10.4. The second-order valence-electron chi connectivity index (χ2n) is 11.2. The highest BCUT2D eigenvalue weighted by Crippen LogP contribution is 2.30. The fourth-order valence-corrected chi connectivity index (χ4v) is 6.25. The van der Waals surface area contributed by atoms with Gasteiger partial charge in [0.1, 0.15) is 13.1 Å². The quantitative estimate of drug-likeness (QED) is 0.214. The Morgan fingerprint density at radius 2 is 1.00 bits per heavy atom. The average molecular weight is 639 g/mol. The van der Waals surface area contributed by atoms with Crippen LogP contribution in [0.25, 0.3) is 0 Å². The molecule has 6 heteroatoms. The Bertz CT molecular complexity index is 822. The van der Waals surface area contributed by atoms with E-state index in [0.29, 0.717) is 12.1 Å². The highest BCUT2D eigenvalue weighted by molar-refractivity contribution is 5.13. The van der Waals surface area contributed by atoms with Gasteiger partial charge in [0, 0.05) is 48.2 Å². The van der Waals surface area contributed by atoms with E-state index in [1.165, 1.54) is 121 Å². The van der Waals surface area contributed by atoms with Crippen LogP contribution < -0.4 is 43.1 Å². The molecule has 4 rings (SSSR count). The van der Waals surface area contributed by atoms with Crippen LogP contribution in [-0.4, -0.2) is 37.0 Å². The fraction of sp³-hybridized carbons (Fsp3) is 0.677. The van der Waals surface area contributed by atoms with Crippen LogP contribution in [0.2, 0.25) is 0 Å². The third kappa shape index (κ3) is 10.3. The van der Waals surface area contributed by atoms with Crippen molar-refractivity contribution < 1.29 is 43.1 Å². The van der Waals surface area contributed by atoms with Gasteiger partial charge in [-0.2, -0.15) is 0 Å². The normalized spacial score (nSPS) is 20.1. The summed E-state index contributed by atoms with van der Waals surface area (Å²) in [6.07, 6.45) is 26.9. The zero-order valence-corrected chi connectivity index (χ0v) is 26.5. The molecule has 0 radical (unpaired) electrons. The second-order valence-corrected chi connectivity index (χ2v) is 11.2. The molecule has 2 saturated heterocycles. The molecule has 2 aliphatic rings. The van der Waals surface area contributed by atoms with Crippen molar-refractivity contribution in [1.29, 1.82) is 0 Å². The number of pyridine rings is 2. The summed E-state index contributed by atoms with van der Waals surface area (Å²) in [5.74, 6) is 0. The number of nitrogens with zero attached hydrogens (tertiary/aromatic N) is 4. The van der Waals surface area contributed by atoms with Gasteiger partial charge >= 0.3 is 0 Å². The number of aryl methyl sites for hydroxylation is 2. The van der Waals surface area contributed by atoms with Gasteiger partial charge in [-0.1, -0.05) is 32.1 Å². The number of aromatic nitrogens is 2. The maximum atomic E-state index is 2.51. The van der Waals surface area contributed by atoms with Crippen LogP contribution in [0.5, 0.6) is 0 Å². The lowest BCUT2D eigenvalue weighted by Crippen LogP contribution is -3.00. The van der Waals surface area contributed by atoms with Crippen molar-refractivity contribution in [3.63, 3.8) is 0 Å².